The number of rotatable bonds is 6. The summed E-state index contributed by atoms with van der Waals surface area (Å²) >= 11 is 1.93. The maximum absolute atomic E-state index is 5.81. The molecular weight excluding hydrogens is 218 g/mol. The van der Waals surface area contributed by atoms with Crippen LogP contribution in [-0.2, 0) is 0 Å². The number of ether oxygens (including phenoxy) is 1. The van der Waals surface area contributed by atoms with Gasteiger partial charge in [-0.05, 0) is 29.4 Å². The van der Waals surface area contributed by atoms with E-state index >= 15 is 0 Å². The van der Waals surface area contributed by atoms with E-state index < -0.39 is 0 Å². The van der Waals surface area contributed by atoms with Crippen LogP contribution in [0.4, 0.5) is 0 Å². The zero-order chi connectivity index (χ0) is 12.0. The van der Waals surface area contributed by atoms with Gasteiger partial charge in [-0.1, -0.05) is 26.0 Å². The fraction of sp³-hybridized carbons (Fsp3) is 0.538. The molecule has 0 fully saturated rings. The summed E-state index contributed by atoms with van der Waals surface area (Å²) in [4.78, 5) is 0. The van der Waals surface area contributed by atoms with Crippen LogP contribution in [0, 0.1) is 5.92 Å². The lowest BCUT2D eigenvalue weighted by atomic mass is 10.1. The predicted molar refractivity (Wildman–Crippen MR) is 72.1 cm³/mol. The zero-order valence-corrected chi connectivity index (χ0v) is 11.1. The zero-order valence-electron chi connectivity index (χ0n) is 10.3. The molecule has 3 heteroatoms. The Hall–Kier alpha value is -0.670. The molecule has 2 nitrogen and oxygen atoms in total. The molecule has 1 unspecified atom stereocenters. The van der Waals surface area contributed by atoms with Crippen molar-refractivity contribution in [2.75, 3.05) is 19.4 Å². The third-order valence-corrected chi connectivity index (χ3v) is 4.06. The summed E-state index contributed by atoms with van der Waals surface area (Å²) in [6, 6.07) is 8.19. The molecular formula is C13H21NOS. The van der Waals surface area contributed by atoms with Gasteiger partial charge in [0.25, 0.3) is 0 Å². The van der Waals surface area contributed by atoms with E-state index in [4.69, 9.17) is 10.5 Å². The van der Waals surface area contributed by atoms with Crippen molar-refractivity contribution in [3.05, 3.63) is 29.8 Å². The monoisotopic (exact) mass is 239 g/mol. The molecule has 16 heavy (non-hydrogen) atoms. The number of hydrogen-bond donors (Lipinski definition) is 1. The molecule has 0 aliphatic carbocycles. The van der Waals surface area contributed by atoms with E-state index in [1.165, 1.54) is 5.56 Å². The summed E-state index contributed by atoms with van der Waals surface area (Å²) in [6.07, 6.45) is 0. The molecule has 1 aromatic rings. The van der Waals surface area contributed by atoms with E-state index in [-0.39, 0.29) is 0 Å². The van der Waals surface area contributed by atoms with Gasteiger partial charge in [0.15, 0.2) is 0 Å². The standard InChI is InChI=1S/C13H21NOS/c1-10(2)9-16-13(8-14)11-4-6-12(15-3)7-5-11/h4-7,10,13H,8-9,14H2,1-3H3. The first-order valence-electron chi connectivity index (χ1n) is 5.63. The maximum atomic E-state index is 5.81. The third-order valence-electron chi connectivity index (χ3n) is 2.33. The number of methoxy groups -OCH3 is 1. The molecule has 2 N–H and O–H groups in total. The first-order chi connectivity index (χ1) is 7.67. The van der Waals surface area contributed by atoms with Crippen LogP contribution in [0.1, 0.15) is 24.7 Å². The second-order valence-corrected chi connectivity index (χ2v) is 5.46. The van der Waals surface area contributed by atoms with Crippen LogP contribution < -0.4 is 10.5 Å². The normalized spacial score (nSPS) is 12.8. The topological polar surface area (TPSA) is 35.2 Å². The molecule has 90 valence electrons. The highest BCUT2D eigenvalue weighted by Crippen LogP contribution is 2.30. The maximum Gasteiger partial charge on any atom is 0.118 e. The van der Waals surface area contributed by atoms with Crippen LogP contribution in [-0.4, -0.2) is 19.4 Å². The van der Waals surface area contributed by atoms with Gasteiger partial charge in [0.05, 0.1) is 7.11 Å². The molecule has 0 saturated heterocycles. The first-order valence-corrected chi connectivity index (χ1v) is 6.67. The third kappa shape index (κ3) is 4.06. The van der Waals surface area contributed by atoms with E-state index in [0.717, 1.165) is 11.5 Å². The van der Waals surface area contributed by atoms with Crippen molar-refractivity contribution in [3.63, 3.8) is 0 Å². The lowest BCUT2D eigenvalue weighted by Gasteiger charge is -2.16. The highest BCUT2D eigenvalue weighted by molar-refractivity contribution is 7.99. The van der Waals surface area contributed by atoms with Gasteiger partial charge in [-0.2, -0.15) is 11.8 Å². The van der Waals surface area contributed by atoms with E-state index in [9.17, 15) is 0 Å². The van der Waals surface area contributed by atoms with Gasteiger partial charge in [-0.3, -0.25) is 0 Å². The van der Waals surface area contributed by atoms with Crippen molar-refractivity contribution in [1.82, 2.24) is 0 Å². The second kappa shape index (κ2) is 6.81. The van der Waals surface area contributed by atoms with Crippen molar-refractivity contribution in [3.8, 4) is 5.75 Å². The van der Waals surface area contributed by atoms with Crippen molar-refractivity contribution in [1.29, 1.82) is 0 Å². The molecule has 1 aromatic carbocycles. The minimum Gasteiger partial charge on any atom is -0.497 e. The summed E-state index contributed by atoms with van der Waals surface area (Å²) < 4.78 is 5.14. The summed E-state index contributed by atoms with van der Waals surface area (Å²) in [6.45, 7) is 5.15. The molecule has 1 atom stereocenters. The van der Waals surface area contributed by atoms with Crippen LogP contribution in [0.5, 0.6) is 5.75 Å². The van der Waals surface area contributed by atoms with Crippen molar-refractivity contribution in [2.24, 2.45) is 11.7 Å². The molecule has 0 aromatic heterocycles. The molecule has 1 rings (SSSR count). The Morgan fingerprint density at radius 3 is 2.31 bits per heavy atom. The van der Waals surface area contributed by atoms with Crippen LogP contribution >= 0.6 is 11.8 Å². The summed E-state index contributed by atoms with van der Waals surface area (Å²) in [5.41, 5.74) is 7.10. The van der Waals surface area contributed by atoms with Gasteiger partial charge in [0.2, 0.25) is 0 Å². The highest BCUT2D eigenvalue weighted by Gasteiger charge is 2.10. The van der Waals surface area contributed by atoms with Crippen LogP contribution in [0.15, 0.2) is 24.3 Å². The largest absolute Gasteiger partial charge is 0.497 e. The smallest absolute Gasteiger partial charge is 0.118 e. The molecule has 0 heterocycles. The Bertz CT molecular complexity index is 297. The molecule has 0 amide bonds. The van der Waals surface area contributed by atoms with E-state index in [1.807, 2.05) is 23.9 Å². The van der Waals surface area contributed by atoms with Gasteiger partial charge in [-0.15, -0.1) is 0 Å². The number of thioether (sulfide) groups is 1. The molecule has 0 aliphatic rings. The van der Waals surface area contributed by atoms with Gasteiger partial charge in [0.1, 0.15) is 5.75 Å². The SMILES string of the molecule is COc1ccc(C(CN)SCC(C)C)cc1. The van der Waals surface area contributed by atoms with Crippen molar-refractivity contribution >= 4 is 11.8 Å². The fourth-order valence-electron chi connectivity index (χ4n) is 1.43. The lowest BCUT2D eigenvalue weighted by Crippen LogP contribution is -2.11. The quantitative estimate of drug-likeness (QED) is 0.828. The van der Waals surface area contributed by atoms with Crippen LogP contribution in [0.25, 0.3) is 0 Å². The Labute approximate surface area is 103 Å². The average molecular weight is 239 g/mol. The minimum absolute atomic E-state index is 0.397. The van der Waals surface area contributed by atoms with E-state index in [0.29, 0.717) is 17.7 Å². The Morgan fingerprint density at radius 1 is 1.25 bits per heavy atom. The summed E-state index contributed by atoms with van der Waals surface area (Å²) in [5.74, 6) is 2.75. The van der Waals surface area contributed by atoms with E-state index in [1.54, 1.807) is 7.11 Å². The summed E-state index contributed by atoms with van der Waals surface area (Å²) in [5, 5.41) is 0.397. The number of hydrogen-bond acceptors (Lipinski definition) is 3. The molecule has 0 saturated carbocycles. The highest BCUT2D eigenvalue weighted by atomic mass is 32.2. The van der Waals surface area contributed by atoms with Crippen LogP contribution in [0.3, 0.4) is 0 Å². The fourth-order valence-corrected chi connectivity index (χ4v) is 2.53. The molecule has 0 bridgehead atoms. The van der Waals surface area contributed by atoms with Crippen molar-refractivity contribution in [2.45, 2.75) is 19.1 Å². The lowest BCUT2D eigenvalue weighted by molar-refractivity contribution is 0.414. The van der Waals surface area contributed by atoms with Gasteiger partial charge in [-0.25, -0.2) is 0 Å². The molecule has 0 radical (unpaired) electrons. The summed E-state index contributed by atoms with van der Waals surface area (Å²) in [7, 11) is 1.68. The molecule has 0 spiro atoms. The van der Waals surface area contributed by atoms with Crippen LogP contribution in [0.2, 0.25) is 0 Å². The Kier molecular flexibility index (Phi) is 5.71. The van der Waals surface area contributed by atoms with Gasteiger partial charge >= 0.3 is 0 Å². The second-order valence-electron chi connectivity index (χ2n) is 4.22. The number of benzene rings is 1. The minimum atomic E-state index is 0.397. The first kappa shape index (κ1) is 13.4. The van der Waals surface area contributed by atoms with Gasteiger partial charge < -0.3 is 10.5 Å². The average Bonchev–Trinajstić information content (AvgIpc) is 2.30. The Morgan fingerprint density at radius 2 is 1.88 bits per heavy atom. The van der Waals surface area contributed by atoms with Gasteiger partial charge in [0, 0.05) is 11.8 Å². The van der Waals surface area contributed by atoms with E-state index in [2.05, 4.69) is 26.0 Å². The number of nitrogens with two attached hydrogens (primary N) is 1. The van der Waals surface area contributed by atoms with Crippen molar-refractivity contribution < 1.29 is 4.74 Å². The molecule has 0 aliphatic heterocycles. The Balaban J connectivity index is 2.63. The predicted octanol–water partition coefficient (Wildman–Crippen LogP) is 3.08.